The minimum Gasteiger partial charge on any atom is -0.493 e. The molecular weight excluding hydrogens is 501 g/mol. The summed E-state index contributed by atoms with van der Waals surface area (Å²) in [5.41, 5.74) is 0.987. The zero-order chi connectivity index (χ0) is 21.5. The maximum atomic E-state index is 11.3. The van der Waals surface area contributed by atoms with Crippen molar-refractivity contribution in [2.24, 2.45) is 4.99 Å². The number of hydrogen-bond acceptors (Lipinski definition) is 6. The van der Waals surface area contributed by atoms with Crippen LogP contribution in [0.4, 0.5) is 0 Å². The molecule has 0 amide bonds. The van der Waals surface area contributed by atoms with Crippen LogP contribution in [-0.2, 0) is 16.1 Å². The highest BCUT2D eigenvalue weighted by atomic mass is 127. The van der Waals surface area contributed by atoms with Gasteiger partial charge in [-0.1, -0.05) is 12.8 Å². The second-order valence-electron chi connectivity index (χ2n) is 6.36. The number of carbonyl (C=O) groups excluding carboxylic acids is 1. The Balaban J connectivity index is 0.00000841. The van der Waals surface area contributed by atoms with E-state index in [-0.39, 0.29) is 29.9 Å². The zero-order valence-corrected chi connectivity index (χ0v) is 21.0. The first-order chi connectivity index (χ1) is 14.1. The van der Waals surface area contributed by atoms with Crippen LogP contribution in [-0.4, -0.2) is 53.5 Å². The van der Waals surface area contributed by atoms with E-state index < -0.39 is 0 Å². The van der Waals surface area contributed by atoms with Gasteiger partial charge in [-0.05, 0) is 37.5 Å². The lowest BCUT2D eigenvalue weighted by Gasteiger charge is -2.16. The van der Waals surface area contributed by atoms with Gasteiger partial charge in [-0.25, -0.2) is 0 Å². The van der Waals surface area contributed by atoms with Crippen LogP contribution in [0.3, 0.4) is 0 Å². The van der Waals surface area contributed by atoms with Crippen molar-refractivity contribution in [2.45, 2.75) is 45.6 Å². The van der Waals surface area contributed by atoms with E-state index in [9.17, 15) is 4.79 Å². The van der Waals surface area contributed by atoms with Gasteiger partial charge >= 0.3 is 5.97 Å². The highest BCUT2D eigenvalue weighted by Crippen LogP contribution is 2.38. The van der Waals surface area contributed by atoms with Crippen molar-refractivity contribution < 1.29 is 23.7 Å². The molecule has 0 aliphatic heterocycles. The Kier molecular flexibility index (Phi) is 15.8. The molecule has 30 heavy (non-hydrogen) atoms. The van der Waals surface area contributed by atoms with E-state index in [1.54, 1.807) is 28.4 Å². The summed E-state index contributed by atoms with van der Waals surface area (Å²) in [6, 6.07) is 3.82. The van der Waals surface area contributed by atoms with Crippen molar-refractivity contribution >= 4 is 35.9 Å². The summed E-state index contributed by atoms with van der Waals surface area (Å²) >= 11 is 0. The van der Waals surface area contributed by atoms with Crippen molar-refractivity contribution in [3.63, 3.8) is 0 Å². The number of esters is 1. The number of aliphatic imine (C=N–C) groups is 1. The molecule has 0 unspecified atom stereocenters. The molecule has 172 valence electrons. The van der Waals surface area contributed by atoms with Gasteiger partial charge in [-0.15, -0.1) is 24.0 Å². The molecule has 0 radical (unpaired) electrons. The summed E-state index contributed by atoms with van der Waals surface area (Å²) in [7, 11) is 6.52. The number of nitrogens with zero attached hydrogens (tertiary/aromatic N) is 1. The lowest BCUT2D eigenvalue weighted by atomic mass is 10.1. The smallest absolute Gasteiger partial charge is 0.305 e. The van der Waals surface area contributed by atoms with E-state index in [1.165, 1.54) is 0 Å². The van der Waals surface area contributed by atoms with Gasteiger partial charge < -0.3 is 29.6 Å². The van der Waals surface area contributed by atoms with E-state index in [0.29, 0.717) is 36.8 Å². The molecule has 0 atom stereocenters. The molecule has 0 aliphatic carbocycles. The molecule has 0 heterocycles. The predicted molar refractivity (Wildman–Crippen MR) is 129 cm³/mol. The number of guanidine groups is 1. The van der Waals surface area contributed by atoms with Crippen LogP contribution in [0.1, 0.15) is 44.6 Å². The quantitative estimate of drug-likeness (QED) is 0.131. The lowest BCUT2D eigenvalue weighted by Crippen LogP contribution is -2.37. The second kappa shape index (κ2) is 16.8. The summed E-state index contributed by atoms with van der Waals surface area (Å²) in [6.07, 6.45) is 4.44. The average molecular weight is 537 g/mol. The first-order valence-electron chi connectivity index (χ1n) is 9.98. The number of methoxy groups -OCH3 is 3. The topological polar surface area (TPSA) is 90.4 Å². The van der Waals surface area contributed by atoms with Crippen molar-refractivity contribution in [3.05, 3.63) is 17.7 Å². The fourth-order valence-corrected chi connectivity index (χ4v) is 2.83. The summed E-state index contributed by atoms with van der Waals surface area (Å²) in [4.78, 5) is 15.5. The number of ether oxygens (including phenoxy) is 4. The Hall–Kier alpha value is -1.91. The summed E-state index contributed by atoms with van der Waals surface area (Å²) in [6.45, 7) is 3.65. The van der Waals surface area contributed by atoms with Crippen LogP contribution in [0.5, 0.6) is 17.2 Å². The molecule has 0 aromatic heterocycles. The third-order valence-corrected chi connectivity index (χ3v) is 4.31. The van der Waals surface area contributed by atoms with Crippen molar-refractivity contribution in [1.29, 1.82) is 0 Å². The highest BCUT2D eigenvalue weighted by Gasteiger charge is 2.13. The van der Waals surface area contributed by atoms with E-state index in [1.807, 2.05) is 19.1 Å². The Bertz CT molecular complexity index is 631. The fourth-order valence-electron chi connectivity index (χ4n) is 2.83. The van der Waals surface area contributed by atoms with Crippen LogP contribution < -0.4 is 24.8 Å². The zero-order valence-electron chi connectivity index (χ0n) is 18.7. The summed E-state index contributed by atoms with van der Waals surface area (Å²) in [5, 5.41) is 6.58. The first-order valence-corrected chi connectivity index (χ1v) is 9.98. The molecular formula is C21H36IN3O5. The highest BCUT2D eigenvalue weighted by molar-refractivity contribution is 14.0. The van der Waals surface area contributed by atoms with E-state index >= 15 is 0 Å². The van der Waals surface area contributed by atoms with Gasteiger partial charge in [0.1, 0.15) is 0 Å². The molecule has 8 nitrogen and oxygen atoms in total. The number of hydrogen-bond donors (Lipinski definition) is 2. The lowest BCUT2D eigenvalue weighted by molar-refractivity contribution is -0.143. The minimum atomic E-state index is -0.109. The fraction of sp³-hybridized carbons (Fsp3) is 0.619. The molecule has 9 heteroatoms. The molecule has 0 fully saturated rings. The second-order valence-corrected chi connectivity index (χ2v) is 6.36. The molecule has 0 bridgehead atoms. The number of carbonyl (C=O) groups is 1. The predicted octanol–water partition coefficient (Wildman–Crippen LogP) is 3.51. The van der Waals surface area contributed by atoms with E-state index in [2.05, 4.69) is 15.6 Å². The monoisotopic (exact) mass is 537 g/mol. The molecule has 0 aliphatic rings. The molecule has 0 saturated heterocycles. The Morgan fingerprint density at radius 1 is 0.967 bits per heavy atom. The Morgan fingerprint density at radius 3 is 2.13 bits per heavy atom. The summed E-state index contributed by atoms with van der Waals surface area (Å²) < 4.78 is 21.0. The third kappa shape index (κ3) is 10.2. The molecule has 0 saturated carbocycles. The van der Waals surface area contributed by atoms with Gasteiger partial charge in [0.2, 0.25) is 5.75 Å². The molecule has 0 spiro atoms. The number of unbranched alkanes of at least 4 members (excludes halogenated alkanes) is 3. The minimum absolute atomic E-state index is 0. The van der Waals surface area contributed by atoms with Crippen LogP contribution >= 0.6 is 24.0 Å². The van der Waals surface area contributed by atoms with Gasteiger partial charge in [-0.3, -0.25) is 9.79 Å². The third-order valence-electron chi connectivity index (χ3n) is 4.31. The van der Waals surface area contributed by atoms with E-state index in [0.717, 1.165) is 43.8 Å². The van der Waals surface area contributed by atoms with Gasteiger partial charge in [0, 0.05) is 26.6 Å². The van der Waals surface area contributed by atoms with Crippen LogP contribution in [0.15, 0.2) is 17.1 Å². The maximum Gasteiger partial charge on any atom is 0.305 e. The van der Waals surface area contributed by atoms with Crippen molar-refractivity contribution in [2.75, 3.05) is 41.5 Å². The van der Waals surface area contributed by atoms with Gasteiger partial charge in [0.05, 0.1) is 27.9 Å². The average Bonchev–Trinajstić information content (AvgIpc) is 2.74. The van der Waals surface area contributed by atoms with Gasteiger partial charge in [0.15, 0.2) is 17.5 Å². The summed E-state index contributed by atoms with van der Waals surface area (Å²) in [5.74, 6) is 2.43. The van der Waals surface area contributed by atoms with Crippen molar-refractivity contribution in [3.8, 4) is 17.2 Å². The first kappa shape index (κ1) is 28.1. The largest absolute Gasteiger partial charge is 0.493 e. The number of nitrogens with one attached hydrogen (secondary N) is 2. The maximum absolute atomic E-state index is 11.3. The normalized spacial score (nSPS) is 10.6. The Labute approximate surface area is 197 Å². The van der Waals surface area contributed by atoms with E-state index in [4.69, 9.17) is 18.9 Å². The van der Waals surface area contributed by atoms with Crippen LogP contribution in [0.25, 0.3) is 0 Å². The molecule has 1 rings (SSSR count). The Morgan fingerprint density at radius 2 is 1.60 bits per heavy atom. The molecule has 1 aromatic rings. The van der Waals surface area contributed by atoms with Crippen LogP contribution in [0, 0.1) is 0 Å². The number of benzene rings is 1. The number of rotatable bonds is 13. The van der Waals surface area contributed by atoms with Gasteiger partial charge in [-0.2, -0.15) is 0 Å². The SMILES string of the molecule is CCOC(=O)CCCCCCNC(=NC)NCc1cc(OC)c(OC)c(OC)c1.I. The molecule has 2 N–H and O–H groups in total. The van der Waals surface area contributed by atoms with Crippen LogP contribution in [0.2, 0.25) is 0 Å². The molecule has 1 aromatic carbocycles. The van der Waals surface area contributed by atoms with Crippen molar-refractivity contribution in [1.82, 2.24) is 10.6 Å². The van der Waals surface area contributed by atoms with Gasteiger partial charge in [0.25, 0.3) is 0 Å². The standard InChI is InChI=1S/C21H35N3O5.HI/c1-6-29-19(25)11-9-7-8-10-12-23-21(22-2)24-15-16-13-17(26-3)20(28-5)18(14-16)27-4;/h13-14H,6-12,15H2,1-5H3,(H2,22,23,24);1H. The number of halogens is 1.